The summed E-state index contributed by atoms with van der Waals surface area (Å²) in [5, 5.41) is 4.64. The Morgan fingerprint density at radius 2 is 2.04 bits per heavy atom. The highest BCUT2D eigenvalue weighted by atomic mass is 32.2. The van der Waals surface area contributed by atoms with Gasteiger partial charge in [0.25, 0.3) is 5.91 Å². The number of amides is 1. The lowest BCUT2D eigenvalue weighted by Crippen LogP contribution is -2.36. The highest BCUT2D eigenvalue weighted by Gasteiger charge is 2.29. The SMILES string of the molecule is Cc1cc2c(cc1S(=O)(=O)N(CCN(C)C)Cc1cccs1)OCC(=O)N2. The molecule has 0 fully saturated rings. The maximum absolute atomic E-state index is 13.4. The second-order valence-corrected chi connectivity index (χ2v) is 9.61. The lowest BCUT2D eigenvalue weighted by atomic mass is 10.2. The van der Waals surface area contributed by atoms with Crippen LogP contribution in [-0.4, -0.2) is 57.3 Å². The van der Waals surface area contributed by atoms with Crippen molar-refractivity contribution < 1.29 is 17.9 Å². The molecule has 0 saturated heterocycles. The van der Waals surface area contributed by atoms with Crippen molar-refractivity contribution in [2.75, 3.05) is 39.1 Å². The highest BCUT2D eigenvalue weighted by molar-refractivity contribution is 7.89. The quantitative estimate of drug-likeness (QED) is 0.758. The van der Waals surface area contributed by atoms with Gasteiger partial charge in [-0.2, -0.15) is 4.31 Å². The fourth-order valence-electron chi connectivity index (χ4n) is 2.81. The third-order valence-electron chi connectivity index (χ3n) is 4.24. The van der Waals surface area contributed by atoms with Crippen LogP contribution in [0.2, 0.25) is 0 Å². The maximum atomic E-state index is 13.4. The molecule has 0 saturated carbocycles. The van der Waals surface area contributed by atoms with E-state index in [1.54, 1.807) is 13.0 Å². The van der Waals surface area contributed by atoms with E-state index in [0.717, 1.165) is 4.88 Å². The number of likely N-dealkylation sites (N-methyl/N-ethyl adjacent to an activating group) is 1. The smallest absolute Gasteiger partial charge is 0.262 e. The van der Waals surface area contributed by atoms with Gasteiger partial charge in [-0.05, 0) is 44.1 Å². The zero-order valence-corrected chi connectivity index (χ0v) is 17.2. The highest BCUT2D eigenvalue weighted by Crippen LogP contribution is 2.34. The molecule has 9 heteroatoms. The lowest BCUT2D eigenvalue weighted by Gasteiger charge is -2.26. The van der Waals surface area contributed by atoms with Crippen molar-refractivity contribution in [3.63, 3.8) is 0 Å². The standard InChI is InChI=1S/C18H23N3O4S2/c1-13-9-15-16(25-12-18(22)19-15)10-17(13)27(23,24)21(7-6-20(2)3)11-14-5-4-8-26-14/h4-5,8-10H,6-7,11-12H2,1-3H3,(H,19,22). The number of nitrogens with zero attached hydrogens (tertiary/aromatic N) is 2. The largest absolute Gasteiger partial charge is 0.482 e. The number of hydrogen-bond acceptors (Lipinski definition) is 6. The molecule has 0 unspecified atom stereocenters. The number of fused-ring (bicyclic) bond motifs is 1. The minimum absolute atomic E-state index is 0.116. The van der Waals surface area contributed by atoms with E-state index in [-0.39, 0.29) is 17.4 Å². The Balaban J connectivity index is 1.96. The Kier molecular flexibility index (Phi) is 5.85. The Hall–Kier alpha value is -1.94. The number of carbonyl (C=O) groups is 1. The molecule has 1 amide bonds. The predicted molar refractivity (Wildman–Crippen MR) is 106 cm³/mol. The van der Waals surface area contributed by atoms with Gasteiger partial charge in [0.05, 0.1) is 10.6 Å². The molecule has 1 aliphatic rings. The van der Waals surface area contributed by atoms with Crippen LogP contribution in [0.1, 0.15) is 10.4 Å². The van der Waals surface area contributed by atoms with Crippen LogP contribution in [0.4, 0.5) is 5.69 Å². The first kappa shape index (κ1) is 19.8. The molecule has 2 aromatic rings. The number of anilines is 1. The Morgan fingerprint density at radius 3 is 2.70 bits per heavy atom. The summed E-state index contributed by atoms with van der Waals surface area (Å²) in [4.78, 5) is 14.6. The molecule has 3 rings (SSSR count). The summed E-state index contributed by atoms with van der Waals surface area (Å²) in [6.45, 7) is 2.92. The normalized spacial score (nSPS) is 14.2. The van der Waals surface area contributed by atoms with Crippen LogP contribution in [0.5, 0.6) is 5.75 Å². The average molecular weight is 410 g/mol. The van der Waals surface area contributed by atoms with Crippen LogP contribution in [0.15, 0.2) is 34.5 Å². The number of sulfonamides is 1. The second kappa shape index (κ2) is 7.97. The first-order valence-corrected chi connectivity index (χ1v) is 10.8. The number of rotatable bonds is 7. The number of aryl methyl sites for hydroxylation is 1. The molecule has 0 aliphatic carbocycles. The summed E-state index contributed by atoms with van der Waals surface area (Å²) in [7, 11) is 0.0967. The van der Waals surface area contributed by atoms with Crippen molar-refractivity contribution in [2.24, 2.45) is 0 Å². The summed E-state index contributed by atoms with van der Waals surface area (Å²) >= 11 is 1.53. The van der Waals surface area contributed by atoms with E-state index in [4.69, 9.17) is 4.74 Å². The molecular formula is C18H23N3O4S2. The van der Waals surface area contributed by atoms with Crippen LogP contribution < -0.4 is 10.1 Å². The molecule has 0 radical (unpaired) electrons. The zero-order chi connectivity index (χ0) is 19.6. The van der Waals surface area contributed by atoms with E-state index in [1.807, 2.05) is 36.5 Å². The van der Waals surface area contributed by atoms with Gasteiger partial charge in [0.2, 0.25) is 10.0 Å². The van der Waals surface area contributed by atoms with Crippen molar-refractivity contribution in [1.29, 1.82) is 0 Å². The maximum Gasteiger partial charge on any atom is 0.262 e. The molecule has 146 valence electrons. The molecule has 0 spiro atoms. The summed E-state index contributed by atoms with van der Waals surface area (Å²) < 4.78 is 33.7. The number of thiophene rings is 1. The molecule has 1 N–H and O–H groups in total. The van der Waals surface area contributed by atoms with Crippen molar-refractivity contribution in [1.82, 2.24) is 9.21 Å². The summed E-state index contributed by atoms with van der Waals surface area (Å²) in [5.41, 5.74) is 1.07. The Morgan fingerprint density at radius 1 is 1.26 bits per heavy atom. The molecular weight excluding hydrogens is 386 g/mol. The van der Waals surface area contributed by atoms with Gasteiger partial charge in [0.15, 0.2) is 6.61 Å². The zero-order valence-electron chi connectivity index (χ0n) is 15.6. The molecule has 7 nitrogen and oxygen atoms in total. The molecule has 1 aromatic carbocycles. The van der Waals surface area contributed by atoms with Crippen LogP contribution in [0.3, 0.4) is 0 Å². The number of hydrogen-bond donors (Lipinski definition) is 1. The van der Waals surface area contributed by atoms with Gasteiger partial charge in [-0.25, -0.2) is 8.42 Å². The summed E-state index contributed by atoms with van der Waals surface area (Å²) in [5.74, 6) is 0.130. The van der Waals surface area contributed by atoms with Gasteiger partial charge in [-0.1, -0.05) is 6.07 Å². The van der Waals surface area contributed by atoms with Gasteiger partial charge < -0.3 is 15.0 Å². The third-order valence-corrected chi connectivity index (χ3v) is 7.09. The van der Waals surface area contributed by atoms with E-state index in [2.05, 4.69) is 5.32 Å². The summed E-state index contributed by atoms with van der Waals surface area (Å²) in [6, 6.07) is 7.00. The Bertz CT molecular complexity index is 924. The van der Waals surface area contributed by atoms with Gasteiger partial charge >= 0.3 is 0 Å². The van der Waals surface area contributed by atoms with Crippen LogP contribution in [-0.2, 0) is 21.4 Å². The number of benzene rings is 1. The fraction of sp³-hybridized carbons (Fsp3) is 0.389. The second-order valence-electron chi connectivity index (χ2n) is 6.67. The van der Waals surface area contributed by atoms with Crippen molar-refractivity contribution in [3.8, 4) is 5.75 Å². The van der Waals surface area contributed by atoms with E-state index in [9.17, 15) is 13.2 Å². The average Bonchev–Trinajstić information content (AvgIpc) is 3.10. The van der Waals surface area contributed by atoms with Gasteiger partial charge in [-0.3, -0.25) is 4.79 Å². The first-order valence-electron chi connectivity index (χ1n) is 8.52. The van der Waals surface area contributed by atoms with E-state index < -0.39 is 10.0 Å². The number of nitrogens with one attached hydrogen (secondary N) is 1. The minimum atomic E-state index is -3.73. The van der Waals surface area contributed by atoms with E-state index in [1.165, 1.54) is 21.7 Å². The summed E-state index contributed by atoms with van der Waals surface area (Å²) in [6.07, 6.45) is 0. The molecule has 27 heavy (non-hydrogen) atoms. The molecule has 2 heterocycles. The number of ether oxygens (including phenoxy) is 1. The number of carbonyl (C=O) groups excluding carboxylic acids is 1. The predicted octanol–water partition coefficient (Wildman–Crippen LogP) is 2.14. The minimum Gasteiger partial charge on any atom is -0.482 e. The van der Waals surface area contributed by atoms with E-state index in [0.29, 0.717) is 36.6 Å². The monoisotopic (exact) mass is 409 g/mol. The molecule has 1 aromatic heterocycles. The van der Waals surface area contributed by atoms with E-state index >= 15 is 0 Å². The first-order chi connectivity index (χ1) is 12.8. The molecule has 0 bridgehead atoms. The fourth-order valence-corrected chi connectivity index (χ4v) is 5.24. The van der Waals surface area contributed by atoms with Gasteiger partial charge in [0, 0.05) is 30.6 Å². The van der Waals surface area contributed by atoms with Crippen molar-refractivity contribution in [2.45, 2.75) is 18.4 Å². The molecule has 0 atom stereocenters. The van der Waals surface area contributed by atoms with Gasteiger partial charge in [-0.15, -0.1) is 11.3 Å². The lowest BCUT2D eigenvalue weighted by molar-refractivity contribution is -0.118. The third kappa shape index (κ3) is 4.49. The van der Waals surface area contributed by atoms with Crippen molar-refractivity contribution >= 4 is 33.0 Å². The van der Waals surface area contributed by atoms with Crippen molar-refractivity contribution in [3.05, 3.63) is 40.1 Å². The van der Waals surface area contributed by atoms with Crippen LogP contribution >= 0.6 is 11.3 Å². The Labute approximate surface area is 163 Å². The molecule has 1 aliphatic heterocycles. The topological polar surface area (TPSA) is 79.0 Å². The van der Waals surface area contributed by atoms with Crippen LogP contribution in [0.25, 0.3) is 0 Å². The van der Waals surface area contributed by atoms with Gasteiger partial charge in [0.1, 0.15) is 5.75 Å². The van der Waals surface area contributed by atoms with Crippen LogP contribution in [0, 0.1) is 6.92 Å².